The van der Waals surface area contributed by atoms with Gasteiger partial charge >= 0.3 is 121 Å². The van der Waals surface area contributed by atoms with Crippen LogP contribution < -0.4 is 108 Å². The van der Waals surface area contributed by atoms with Crippen LogP contribution in [0.4, 0.5) is 24.1 Å². The maximum absolute atomic E-state index is 14.5. The van der Waals surface area contributed by atoms with Gasteiger partial charge in [0.1, 0.15) is 31.7 Å². The summed E-state index contributed by atoms with van der Waals surface area (Å²) in [5, 5.41) is 35.7. The molecule has 2 fully saturated rings. The van der Waals surface area contributed by atoms with Gasteiger partial charge in [0.05, 0.1) is 23.6 Å². The molecule has 0 aliphatic carbocycles. The molecule has 0 bridgehead atoms. The van der Waals surface area contributed by atoms with Gasteiger partial charge in [0.15, 0.2) is 6.10 Å². The van der Waals surface area contributed by atoms with Crippen LogP contribution in [0.5, 0.6) is 0 Å². The Hall–Kier alpha value is -2.45. The SMILES string of the molecule is CO.O=C(OCc1ccccc1)N1CCC[C@@H](F)[C@@H](O)C1.O=C(O[C@H]1CN(C(=O)OCc2ccccc2)CCC[C@H]1F)c1ccc([N+](=O)[O-])cc1.O=CO[O-].[H-].[K+].[K+]. The number of nitro groups is 1. The number of likely N-dealkylation sites (tertiary alicyclic amines) is 2. The fraction of sp³-hybridized carbons (Fsp3) is 0.405. The fourth-order valence-corrected chi connectivity index (χ4v) is 5.18. The number of amides is 2. The summed E-state index contributed by atoms with van der Waals surface area (Å²) in [7, 11) is 1.00. The third-order valence-electron chi connectivity index (χ3n) is 7.98. The van der Waals surface area contributed by atoms with Crippen molar-refractivity contribution < 1.29 is 172 Å². The predicted octanol–water partition coefficient (Wildman–Crippen LogP) is -1.83. The first kappa shape index (κ1) is 54.6. The number of hydrogen-bond acceptors (Lipinski definition) is 13. The molecule has 0 saturated carbocycles. The monoisotopic (exact) mass is 855 g/mol. The Kier molecular flexibility index (Phi) is 30.1. The van der Waals surface area contributed by atoms with Crippen molar-refractivity contribution in [1.29, 1.82) is 0 Å². The van der Waals surface area contributed by atoms with Crippen molar-refractivity contribution in [3.05, 3.63) is 112 Å². The molecule has 57 heavy (non-hydrogen) atoms. The molecule has 20 heteroatoms. The van der Waals surface area contributed by atoms with E-state index in [4.69, 9.17) is 29.4 Å². The molecule has 0 aromatic heterocycles. The van der Waals surface area contributed by atoms with Gasteiger partial charge < -0.3 is 45.8 Å². The van der Waals surface area contributed by atoms with Gasteiger partial charge in [-0.05, 0) is 48.9 Å². The Morgan fingerprint density at radius 1 is 0.807 bits per heavy atom. The van der Waals surface area contributed by atoms with E-state index in [1.165, 1.54) is 34.1 Å². The molecular weight excluding hydrogens is 811 g/mol. The van der Waals surface area contributed by atoms with E-state index in [0.717, 1.165) is 18.2 Å². The minimum atomic E-state index is -1.43. The molecule has 4 atom stereocenters. The molecule has 2 aliphatic heterocycles. The molecule has 302 valence electrons. The molecule has 3 aromatic carbocycles. The van der Waals surface area contributed by atoms with Crippen molar-refractivity contribution >= 4 is 30.3 Å². The maximum Gasteiger partial charge on any atom is 1.00 e. The Morgan fingerprint density at radius 2 is 1.25 bits per heavy atom. The zero-order valence-corrected chi connectivity index (χ0v) is 38.3. The fourth-order valence-electron chi connectivity index (χ4n) is 5.18. The van der Waals surface area contributed by atoms with Gasteiger partial charge in [-0.1, -0.05) is 60.7 Å². The first-order chi connectivity index (χ1) is 26.5. The number of halogens is 2. The molecule has 2 aliphatic rings. The Bertz CT molecular complexity index is 1610. The minimum absolute atomic E-state index is 0. The van der Waals surface area contributed by atoms with E-state index in [0.29, 0.717) is 25.9 Å². The van der Waals surface area contributed by atoms with Crippen molar-refractivity contribution in [2.24, 2.45) is 0 Å². The molecule has 0 spiro atoms. The largest absolute Gasteiger partial charge is 1.00 e. The third kappa shape index (κ3) is 20.9. The van der Waals surface area contributed by atoms with Crippen LogP contribution in [0.25, 0.3) is 0 Å². The number of ether oxygens (including phenoxy) is 3. The number of alkyl halides is 2. The smallest absolute Gasteiger partial charge is 1.00 e. The number of nitrogens with zero attached hydrogens (tertiary/aromatic N) is 3. The van der Waals surface area contributed by atoms with Gasteiger partial charge in [0.2, 0.25) is 0 Å². The number of hydrogen-bond donors (Lipinski definition) is 2. The van der Waals surface area contributed by atoms with Gasteiger partial charge in [0.25, 0.3) is 12.2 Å². The zero-order valence-electron chi connectivity index (χ0n) is 33.0. The van der Waals surface area contributed by atoms with Crippen molar-refractivity contribution in [1.82, 2.24) is 9.80 Å². The number of carbonyl (C=O) groups excluding carboxylic acids is 4. The van der Waals surface area contributed by atoms with E-state index in [2.05, 4.69) is 4.89 Å². The van der Waals surface area contributed by atoms with Crippen LogP contribution in [0.1, 0.15) is 48.6 Å². The maximum atomic E-state index is 14.5. The summed E-state index contributed by atoms with van der Waals surface area (Å²) in [5.41, 5.74) is 1.62. The number of benzene rings is 3. The third-order valence-corrected chi connectivity index (χ3v) is 7.98. The van der Waals surface area contributed by atoms with E-state index in [-0.39, 0.29) is 161 Å². The number of esters is 1. The van der Waals surface area contributed by atoms with Crippen LogP contribution in [-0.2, 0) is 37.1 Å². The Balaban J connectivity index is 0. The van der Waals surface area contributed by atoms with Gasteiger partial charge in [0, 0.05) is 32.3 Å². The van der Waals surface area contributed by atoms with E-state index in [9.17, 15) is 38.4 Å². The first-order valence-corrected chi connectivity index (χ1v) is 17.0. The summed E-state index contributed by atoms with van der Waals surface area (Å²) in [6, 6.07) is 23.3. The van der Waals surface area contributed by atoms with E-state index < -0.39 is 47.6 Å². The van der Waals surface area contributed by atoms with Gasteiger partial charge in [-0.25, -0.2) is 23.2 Å². The summed E-state index contributed by atoms with van der Waals surface area (Å²) >= 11 is 0. The van der Waals surface area contributed by atoms with Crippen molar-refractivity contribution in [2.45, 2.75) is 63.4 Å². The van der Waals surface area contributed by atoms with Gasteiger partial charge in [-0.15, -0.1) is 0 Å². The summed E-state index contributed by atoms with van der Waals surface area (Å²) in [6.07, 6.45) is -4.70. The molecule has 0 radical (unpaired) electrons. The van der Waals surface area contributed by atoms with Crippen LogP contribution in [0.3, 0.4) is 0 Å². The average Bonchev–Trinajstić information content (AvgIpc) is 3.51. The molecule has 2 heterocycles. The van der Waals surface area contributed by atoms with Crippen LogP contribution in [-0.4, -0.2) is 107 Å². The molecule has 2 N–H and O–H groups in total. The number of carbonyl (C=O) groups is 4. The quantitative estimate of drug-likeness (QED) is 0.0486. The van der Waals surface area contributed by atoms with E-state index in [1.54, 1.807) is 0 Å². The molecule has 5 rings (SSSR count). The molecule has 0 unspecified atom stereocenters. The Labute approximate surface area is 415 Å². The van der Waals surface area contributed by atoms with E-state index >= 15 is 0 Å². The second kappa shape index (κ2) is 31.5. The standard InChI is InChI=1S/C21H21FN2O6.C14H18FNO3.CH2O3.CH4O.2K.H/c22-18-7-4-12-23(21(26)29-14-15-5-2-1-3-6-15)13-19(18)30-20(25)16-8-10-17(11-9-16)24(27)28;15-12-7-4-8-16(9-13(12)17)14(18)19-10-11-5-2-1-3-6-11;2-1-4-3;1-2;;;/h1-3,5-6,8-11,18-19H,4,7,12-14H2;1-3,5-6,12-13,17H,4,7-10H2;1,3H;2H,1H3;;;/q;;;;2*+1;-1/p-1/t18-,19+;12-,13+;;;;;/m11...../s1. The van der Waals surface area contributed by atoms with Crippen molar-refractivity contribution in [2.75, 3.05) is 33.3 Å². The zero-order chi connectivity index (χ0) is 40.6. The van der Waals surface area contributed by atoms with E-state index in [1.807, 2.05) is 60.7 Å². The summed E-state index contributed by atoms with van der Waals surface area (Å²) < 4.78 is 43.5. The van der Waals surface area contributed by atoms with Crippen LogP contribution in [0.2, 0.25) is 0 Å². The second-order valence-electron chi connectivity index (χ2n) is 11.8. The van der Waals surface area contributed by atoms with Crippen molar-refractivity contribution in [3.63, 3.8) is 0 Å². The number of nitro benzene ring substituents is 1. The minimum Gasteiger partial charge on any atom is -1.00 e. The van der Waals surface area contributed by atoms with Crippen molar-refractivity contribution in [3.8, 4) is 0 Å². The molecule has 16 nitrogen and oxygen atoms in total. The van der Waals surface area contributed by atoms with Crippen LogP contribution >= 0.6 is 0 Å². The number of aliphatic hydroxyl groups excluding tert-OH is 2. The molecule has 3 aromatic rings. The molecular formula is C37H45F2K2N3O13. The normalized spacial score (nSPS) is 18.4. The summed E-state index contributed by atoms with van der Waals surface area (Å²) in [4.78, 5) is 60.7. The van der Waals surface area contributed by atoms with Gasteiger partial charge in [-0.2, -0.15) is 0 Å². The summed E-state index contributed by atoms with van der Waals surface area (Å²) in [6.45, 7) is 0.667. The number of rotatable bonds is 8. The van der Waals surface area contributed by atoms with Crippen LogP contribution in [0.15, 0.2) is 84.9 Å². The second-order valence-corrected chi connectivity index (χ2v) is 11.8. The van der Waals surface area contributed by atoms with Crippen LogP contribution in [0, 0.1) is 10.1 Å². The predicted molar refractivity (Wildman–Crippen MR) is 189 cm³/mol. The first-order valence-electron chi connectivity index (χ1n) is 17.0. The number of aliphatic hydroxyl groups is 2. The molecule has 2 saturated heterocycles. The number of non-ortho nitro benzene ring substituents is 1. The topological polar surface area (TPSA) is 218 Å². The Morgan fingerprint density at radius 3 is 1.68 bits per heavy atom. The summed E-state index contributed by atoms with van der Waals surface area (Å²) in [5.74, 6) is -0.808. The van der Waals surface area contributed by atoms with Gasteiger partial charge in [-0.3, -0.25) is 14.9 Å². The number of β-amino-alcohol motifs (C(OH)–C–C–N with tert-alkyl or cyclic N) is 1. The average molecular weight is 856 g/mol. The molecule has 2 amide bonds.